The molecule has 1 amide bonds. The lowest BCUT2D eigenvalue weighted by Gasteiger charge is -2.34. The standard InChI is InChI=1S/C18H29N3O3S.ClH/c1-4-21(5-2)25(23,24)17-10-8-15(9-11-17)18(22)20-12-6-7-16(13-20)14(3)19;/h8-11,14,16H,4-7,12-13,19H2,1-3H3;1H. The average molecular weight is 404 g/mol. The highest BCUT2D eigenvalue weighted by Crippen LogP contribution is 2.22. The number of piperidine rings is 1. The van der Waals surface area contributed by atoms with E-state index in [1.807, 2.05) is 25.7 Å². The molecule has 0 aliphatic carbocycles. The molecule has 0 spiro atoms. The monoisotopic (exact) mass is 403 g/mol. The minimum absolute atomic E-state index is 0. The minimum atomic E-state index is -3.50. The second-order valence-corrected chi connectivity index (χ2v) is 8.56. The van der Waals surface area contributed by atoms with E-state index in [2.05, 4.69) is 0 Å². The highest BCUT2D eigenvalue weighted by Gasteiger charge is 2.27. The summed E-state index contributed by atoms with van der Waals surface area (Å²) in [4.78, 5) is 14.7. The molecule has 1 aliphatic rings. The van der Waals surface area contributed by atoms with Crippen LogP contribution in [0.1, 0.15) is 44.0 Å². The van der Waals surface area contributed by atoms with Crippen LogP contribution in [-0.4, -0.2) is 55.8 Å². The first-order valence-electron chi connectivity index (χ1n) is 8.96. The molecule has 148 valence electrons. The lowest BCUT2D eigenvalue weighted by molar-refractivity contribution is 0.0661. The largest absolute Gasteiger partial charge is 0.338 e. The number of carbonyl (C=O) groups excluding carboxylic acids is 1. The summed E-state index contributed by atoms with van der Waals surface area (Å²) in [6.45, 7) is 7.83. The van der Waals surface area contributed by atoms with Crippen LogP contribution in [0.2, 0.25) is 0 Å². The highest BCUT2D eigenvalue weighted by molar-refractivity contribution is 7.89. The van der Waals surface area contributed by atoms with Gasteiger partial charge in [0.15, 0.2) is 0 Å². The number of nitrogens with zero attached hydrogens (tertiary/aromatic N) is 2. The summed E-state index contributed by atoms with van der Waals surface area (Å²) in [7, 11) is -3.50. The maximum Gasteiger partial charge on any atom is 0.253 e. The fraction of sp³-hybridized carbons (Fsp3) is 0.611. The van der Waals surface area contributed by atoms with Crippen molar-refractivity contribution in [2.75, 3.05) is 26.2 Å². The topological polar surface area (TPSA) is 83.7 Å². The maximum absolute atomic E-state index is 12.7. The molecule has 0 saturated carbocycles. The van der Waals surface area contributed by atoms with E-state index in [4.69, 9.17) is 5.73 Å². The molecule has 2 atom stereocenters. The Bertz CT molecular complexity index is 688. The number of rotatable bonds is 6. The number of sulfonamides is 1. The summed E-state index contributed by atoms with van der Waals surface area (Å²) in [5.41, 5.74) is 6.50. The third-order valence-corrected chi connectivity index (χ3v) is 7.00. The summed E-state index contributed by atoms with van der Waals surface area (Å²) in [5, 5.41) is 0. The molecule has 0 radical (unpaired) electrons. The molecule has 26 heavy (non-hydrogen) atoms. The van der Waals surface area contributed by atoms with Crippen molar-refractivity contribution in [3.8, 4) is 0 Å². The molecule has 1 fully saturated rings. The van der Waals surface area contributed by atoms with E-state index in [0.29, 0.717) is 31.1 Å². The quantitative estimate of drug-likeness (QED) is 0.790. The van der Waals surface area contributed by atoms with Gasteiger partial charge in [-0.3, -0.25) is 4.79 Å². The first-order chi connectivity index (χ1) is 11.8. The third kappa shape index (κ3) is 4.97. The molecule has 1 aliphatic heterocycles. The maximum atomic E-state index is 12.7. The van der Waals surface area contributed by atoms with Gasteiger partial charge in [-0.2, -0.15) is 4.31 Å². The van der Waals surface area contributed by atoms with Crippen LogP contribution in [0, 0.1) is 5.92 Å². The van der Waals surface area contributed by atoms with Gasteiger partial charge >= 0.3 is 0 Å². The molecule has 6 nitrogen and oxygen atoms in total. The summed E-state index contributed by atoms with van der Waals surface area (Å²) in [6, 6.07) is 6.32. The van der Waals surface area contributed by atoms with Crippen LogP contribution in [0.4, 0.5) is 0 Å². The molecule has 2 unspecified atom stereocenters. The zero-order valence-corrected chi connectivity index (χ0v) is 17.4. The van der Waals surface area contributed by atoms with E-state index < -0.39 is 10.0 Å². The van der Waals surface area contributed by atoms with Crippen LogP contribution in [0.5, 0.6) is 0 Å². The number of benzene rings is 1. The fourth-order valence-electron chi connectivity index (χ4n) is 3.29. The number of hydrogen-bond donors (Lipinski definition) is 1. The van der Waals surface area contributed by atoms with Crippen molar-refractivity contribution in [2.45, 2.75) is 44.6 Å². The number of amides is 1. The SMILES string of the molecule is CCN(CC)S(=O)(=O)c1ccc(C(=O)N2CCCC(C(C)N)C2)cc1.Cl. The molecule has 2 N–H and O–H groups in total. The number of halogens is 1. The molecule has 8 heteroatoms. The van der Waals surface area contributed by atoms with Crippen molar-refractivity contribution >= 4 is 28.3 Å². The van der Waals surface area contributed by atoms with Gasteiger partial charge in [0.25, 0.3) is 5.91 Å². The number of likely N-dealkylation sites (tertiary alicyclic amines) is 1. The number of nitrogens with two attached hydrogens (primary N) is 1. The molecular formula is C18H30ClN3O3S. The van der Waals surface area contributed by atoms with Crippen LogP contribution in [-0.2, 0) is 10.0 Å². The molecule has 1 saturated heterocycles. The van der Waals surface area contributed by atoms with Gasteiger partial charge in [0.05, 0.1) is 4.90 Å². The average Bonchev–Trinajstić information content (AvgIpc) is 2.62. The van der Waals surface area contributed by atoms with Crippen LogP contribution < -0.4 is 5.73 Å². The van der Waals surface area contributed by atoms with Gasteiger partial charge in [-0.25, -0.2) is 8.42 Å². The summed E-state index contributed by atoms with van der Waals surface area (Å²) < 4.78 is 26.4. The Morgan fingerprint density at radius 2 is 1.85 bits per heavy atom. The van der Waals surface area contributed by atoms with Gasteiger partial charge in [-0.15, -0.1) is 12.4 Å². The van der Waals surface area contributed by atoms with Gasteiger partial charge in [0.1, 0.15) is 0 Å². The summed E-state index contributed by atoms with van der Waals surface area (Å²) in [6.07, 6.45) is 1.99. The van der Waals surface area contributed by atoms with E-state index >= 15 is 0 Å². The molecule has 2 rings (SSSR count). The summed E-state index contributed by atoms with van der Waals surface area (Å²) in [5.74, 6) is 0.261. The van der Waals surface area contributed by atoms with Crippen LogP contribution >= 0.6 is 12.4 Å². The van der Waals surface area contributed by atoms with E-state index in [9.17, 15) is 13.2 Å². The van der Waals surface area contributed by atoms with Crippen LogP contribution in [0.15, 0.2) is 29.2 Å². The van der Waals surface area contributed by atoms with E-state index in [-0.39, 0.29) is 29.3 Å². The van der Waals surface area contributed by atoms with Crippen molar-refractivity contribution in [3.05, 3.63) is 29.8 Å². The molecule has 1 heterocycles. The van der Waals surface area contributed by atoms with E-state index in [1.54, 1.807) is 12.1 Å². The van der Waals surface area contributed by atoms with Crippen molar-refractivity contribution < 1.29 is 13.2 Å². The Morgan fingerprint density at radius 3 is 2.35 bits per heavy atom. The lowest BCUT2D eigenvalue weighted by atomic mass is 9.92. The molecule has 0 bridgehead atoms. The number of hydrogen-bond acceptors (Lipinski definition) is 4. The van der Waals surface area contributed by atoms with Gasteiger partial charge in [-0.1, -0.05) is 13.8 Å². The molecular weight excluding hydrogens is 374 g/mol. The van der Waals surface area contributed by atoms with Gasteiger partial charge < -0.3 is 10.6 Å². The second-order valence-electron chi connectivity index (χ2n) is 6.63. The Hall–Kier alpha value is -1.15. The highest BCUT2D eigenvalue weighted by atomic mass is 35.5. The van der Waals surface area contributed by atoms with Crippen molar-refractivity contribution in [1.29, 1.82) is 0 Å². The van der Waals surface area contributed by atoms with Crippen LogP contribution in [0.25, 0.3) is 0 Å². The molecule has 1 aromatic carbocycles. The summed E-state index contributed by atoms with van der Waals surface area (Å²) >= 11 is 0. The van der Waals surface area contributed by atoms with Gasteiger partial charge in [0.2, 0.25) is 10.0 Å². The third-order valence-electron chi connectivity index (χ3n) is 4.93. The van der Waals surface area contributed by atoms with E-state index in [0.717, 1.165) is 19.4 Å². The Balaban J connectivity index is 0.00000338. The smallest absolute Gasteiger partial charge is 0.253 e. The predicted molar refractivity (Wildman–Crippen MR) is 106 cm³/mol. The van der Waals surface area contributed by atoms with Gasteiger partial charge in [-0.05, 0) is 49.9 Å². The van der Waals surface area contributed by atoms with Crippen molar-refractivity contribution in [3.63, 3.8) is 0 Å². The first kappa shape index (κ1) is 22.9. The zero-order valence-electron chi connectivity index (χ0n) is 15.7. The molecule has 1 aromatic rings. The minimum Gasteiger partial charge on any atom is -0.338 e. The second kappa shape index (κ2) is 9.69. The number of carbonyl (C=O) groups is 1. The Labute approximate surface area is 163 Å². The Morgan fingerprint density at radius 1 is 1.27 bits per heavy atom. The lowest BCUT2D eigenvalue weighted by Crippen LogP contribution is -2.45. The predicted octanol–water partition coefficient (Wildman–Crippen LogP) is 2.34. The van der Waals surface area contributed by atoms with E-state index in [1.165, 1.54) is 16.4 Å². The zero-order chi connectivity index (χ0) is 18.6. The van der Waals surface area contributed by atoms with Crippen molar-refractivity contribution in [2.24, 2.45) is 11.7 Å². The van der Waals surface area contributed by atoms with Gasteiger partial charge in [0, 0.05) is 37.8 Å². The first-order valence-corrected chi connectivity index (χ1v) is 10.4. The molecule has 0 aromatic heterocycles. The fourth-order valence-corrected chi connectivity index (χ4v) is 4.75. The van der Waals surface area contributed by atoms with Crippen molar-refractivity contribution in [1.82, 2.24) is 9.21 Å². The Kier molecular flexibility index (Phi) is 8.53. The normalized spacial score (nSPS) is 19.1. The van der Waals surface area contributed by atoms with Crippen LogP contribution in [0.3, 0.4) is 0 Å².